The van der Waals surface area contributed by atoms with E-state index < -0.39 is 28.1 Å². The van der Waals surface area contributed by atoms with Gasteiger partial charge < -0.3 is 19.9 Å². The number of nitrogens with zero attached hydrogens (tertiary/aromatic N) is 3. The van der Waals surface area contributed by atoms with E-state index in [-0.39, 0.29) is 32.0 Å². The van der Waals surface area contributed by atoms with Gasteiger partial charge in [-0.05, 0) is 36.2 Å². The Hall–Kier alpha value is -4.18. The van der Waals surface area contributed by atoms with Gasteiger partial charge in [0, 0.05) is 36.8 Å². The highest BCUT2D eigenvalue weighted by Crippen LogP contribution is 2.33. The van der Waals surface area contributed by atoms with E-state index in [0.717, 1.165) is 22.1 Å². The number of aryl methyl sites for hydroxylation is 1. The van der Waals surface area contributed by atoms with E-state index in [2.05, 4.69) is 5.32 Å². The van der Waals surface area contributed by atoms with E-state index in [1.165, 1.54) is 4.90 Å². The topological polar surface area (TPSA) is 91.8 Å². The summed E-state index contributed by atoms with van der Waals surface area (Å²) < 4.78 is 46.6. The van der Waals surface area contributed by atoms with Gasteiger partial charge in [-0.3, -0.25) is 0 Å². The van der Waals surface area contributed by atoms with Crippen LogP contribution in [0.2, 0.25) is 0 Å². The molecule has 10 heteroatoms. The number of hydrogen-bond donors (Lipinski definition) is 1. The molecule has 3 heterocycles. The number of ether oxygens (including phenoxy) is 1. The average molecular weight is 575 g/mol. The number of carbonyl (C=O) groups excluding carboxylic acids is 1. The number of fused-ring (bicyclic) bond motifs is 2. The lowest BCUT2D eigenvalue weighted by atomic mass is 10.1. The Labute approximate surface area is 238 Å². The second kappa shape index (κ2) is 11.0. The van der Waals surface area contributed by atoms with Crippen LogP contribution in [0.15, 0.2) is 83.8 Å². The number of pyridine rings is 1. The molecule has 1 N–H and O–H groups in total. The Kier molecular flexibility index (Phi) is 7.25. The molecule has 0 spiro atoms. The summed E-state index contributed by atoms with van der Waals surface area (Å²) in [4.78, 5) is 21.3. The van der Waals surface area contributed by atoms with Crippen LogP contribution in [-0.2, 0) is 27.7 Å². The van der Waals surface area contributed by atoms with Crippen molar-refractivity contribution < 1.29 is 22.3 Å². The Morgan fingerprint density at radius 1 is 1.05 bits per heavy atom. The maximum atomic E-state index is 15.3. The molecule has 0 aliphatic carbocycles. The van der Waals surface area contributed by atoms with Crippen molar-refractivity contribution in [2.45, 2.75) is 37.2 Å². The maximum Gasteiger partial charge on any atom is 0.410 e. The molecule has 0 bridgehead atoms. The van der Waals surface area contributed by atoms with Crippen LogP contribution in [-0.4, -0.2) is 62.0 Å². The van der Waals surface area contributed by atoms with E-state index in [0.29, 0.717) is 28.5 Å². The van der Waals surface area contributed by atoms with Crippen LogP contribution < -0.4 is 10.2 Å². The van der Waals surface area contributed by atoms with Crippen molar-refractivity contribution in [1.29, 1.82) is 0 Å². The molecule has 2 aliphatic heterocycles. The minimum atomic E-state index is -3.42. The highest BCUT2D eigenvalue weighted by Gasteiger charge is 2.37. The van der Waals surface area contributed by atoms with Crippen LogP contribution in [0.4, 0.5) is 20.7 Å². The Morgan fingerprint density at radius 2 is 1.83 bits per heavy atom. The van der Waals surface area contributed by atoms with Crippen LogP contribution in [0, 0.1) is 6.92 Å². The third-order valence-electron chi connectivity index (χ3n) is 7.63. The minimum absolute atomic E-state index is 0.0321. The molecule has 4 aromatic rings. The largest absolute Gasteiger partial charge is 0.445 e. The summed E-state index contributed by atoms with van der Waals surface area (Å²) in [6, 6.07) is 23.5. The molecule has 8 nitrogen and oxygen atoms in total. The van der Waals surface area contributed by atoms with Crippen molar-refractivity contribution >= 4 is 38.3 Å². The highest BCUT2D eigenvalue weighted by molar-refractivity contribution is 7.91. The number of amides is 1. The fourth-order valence-corrected chi connectivity index (χ4v) is 6.92. The number of sulfone groups is 1. The monoisotopic (exact) mass is 574 g/mol. The molecule has 0 unspecified atom stereocenters. The van der Waals surface area contributed by atoms with E-state index in [9.17, 15) is 13.2 Å². The Morgan fingerprint density at radius 3 is 2.66 bits per heavy atom. The Bertz CT molecular complexity index is 1700. The van der Waals surface area contributed by atoms with Crippen molar-refractivity contribution in [1.82, 2.24) is 9.88 Å². The number of carbonyl (C=O) groups is 1. The Balaban J connectivity index is 1.25. The predicted molar refractivity (Wildman–Crippen MR) is 157 cm³/mol. The van der Waals surface area contributed by atoms with Gasteiger partial charge in [0.05, 0.1) is 28.8 Å². The smallest absolute Gasteiger partial charge is 0.410 e. The number of benzene rings is 3. The van der Waals surface area contributed by atoms with Gasteiger partial charge in [-0.2, -0.15) is 0 Å². The normalized spacial score (nSPS) is 20.0. The molecule has 212 valence electrons. The molecule has 0 radical (unpaired) electrons. The molecular formula is C31H31FN4O4S. The van der Waals surface area contributed by atoms with E-state index >= 15 is 4.39 Å². The highest BCUT2D eigenvalue weighted by atomic mass is 32.2. The maximum absolute atomic E-state index is 15.3. The van der Waals surface area contributed by atoms with Gasteiger partial charge in [-0.1, -0.05) is 60.2 Å². The fraction of sp³-hybridized carbons (Fsp3) is 0.290. The molecular weight excluding hydrogens is 543 g/mol. The number of hydrogen-bond acceptors (Lipinski definition) is 7. The SMILES string of the molecule is Cc1ccc2nc(N3CCS(=O)(=O)c4ccccc4C3)cc(N[C@H]3CN(C(=O)OCc4ccccc4)C[C@@H]3F)c2c1. The van der Waals surface area contributed by atoms with E-state index in [4.69, 9.17) is 9.72 Å². The van der Waals surface area contributed by atoms with Gasteiger partial charge in [0.15, 0.2) is 9.84 Å². The molecule has 2 aliphatic rings. The van der Waals surface area contributed by atoms with E-state index in [1.807, 2.05) is 78.6 Å². The zero-order valence-corrected chi connectivity index (χ0v) is 23.5. The number of aromatic nitrogens is 1. The molecule has 1 amide bonds. The first kappa shape index (κ1) is 27.0. The first-order valence-corrected chi connectivity index (χ1v) is 15.3. The lowest BCUT2D eigenvalue weighted by Crippen LogP contribution is -2.32. The van der Waals surface area contributed by atoms with Gasteiger partial charge in [-0.15, -0.1) is 0 Å². The second-order valence-corrected chi connectivity index (χ2v) is 12.7. The third-order valence-corrected chi connectivity index (χ3v) is 9.41. The standard InChI is InChI=1S/C31H31FN4O4S/c1-21-11-12-26-24(15-21)27(16-30(34-26)35-13-14-41(38,39)29-10-6-5-9-23(29)17-35)33-28-19-36(18-25(28)32)31(37)40-20-22-7-3-2-4-8-22/h2-12,15-16,25,28H,13-14,17-20H2,1H3,(H,33,34)/t25-,28-/m0/s1. The summed E-state index contributed by atoms with van der Waals surface area (Å²) in [5, 5.41) is 4.17. The molecule has 3 aromatic carbocycles. The quantitative estimate of drug-likeness (QED) is 0.354. The summed E-state index contributed by atoms with van der Waals surface area (Å²) in [5.41, 5.74) is 4.00. The van der Waals surface area contributed by atoms with Crippen LogP contribution in [0.25, 0.3) is 10.9 Å². The zero-order valence-electron chi connectivity index (χ0n) is 22.7. The van der Waals surface area contributed by atoms with Gasteiger partial charge in [0.25, 0.3) is 0 Å². The van der Waals surface area contributed by atoms with Gasteiger partial charge >= 0.3 is 6.09 Å². The molecule has 6 rings (SSSR count). The molecule has 1 saturated heterocycles. The molecule has 41 heavy (non-hydrogen) atoms. The molecule has 2 atom stereocenters. The van der Waals surface area contributed by atoms with Gasteiger partial charge in [0.2, 0.25) is 0 Å². The zero-order chi connectivity index (χ0) is 28.6. The number of alkyl halides is 1. The van der Waals surface area contributed by atoms with Crippen LogP contribution in [0.3, 0.4) is 0 Å². The first-order valence-electron chi connectivity index (χ1n) is 13.6. The van der Waals surface area contributed by atoms with Gasteiger partial charge in [-0.25, -0.2) is 22.6 Å². The molecule has 1 aromatic heterocycles. The van der Waals surface area contributed by atoms with Crippen molar-refractivity contribution in [2.75, 3.05) is 35.6 Å². The van der Waals surface area contributed by atoms with Gasteiger partial charge in [0.1, 0.15) is 18.6 Å². The average Bonchev–Trinajstić information content (AvgIpc) is 3.27. The molecule has 0 saturated carbocycles. The first-order chi connectivity index (χ1) is 19.8. The fourth-order valence-electron chi connectivity index (χ4n) is 5.43. The van der Waals surface area contributed by atoms with Crippen LogP contribution in [0.1, 0.15) is 16.7 Å². The summed E-state index contributed by atoms with van der Waals surface area (Å²) >= 11 is 0. The minimum Gasteiger partial charge on any atom is -0.445 e. The lowest BCUT2D eigenvalue weighted by molar-refractivity contribution is 0.102. The molecule has 1 fully saturated rings. The second-order valence-electron chi connectivity index (χ2n) is 10.6. The van der Waals surface area contributed by atoms with Crippen molar-refractivity contribution in [2.24, 2.45) is 0 Å². The lowest BCUT2D eigenvalue weighted by Gasteiger charge is -2.24. The predicted octanol–water partition coefficient (Wildman–Crippen LogP) is 5.11. The number of rotatable bonds is 5. The summed E-state index contributed by atoms with van der Waals surface area (Å²) in [6.07, 6.45) is -1.85. The number of anilines is 2. The van der Waals surface area contributed by atoms with Crippen molar-refractivity contribution in [3.8, 4) is 0 Å². The summed E-state index contributed by atoms with van der Waals surface area (Å²) in [5.74, 6) is 0.568. The summed E-state index contributed by atoms with van der Waals surface area (Å²) in [6.45, 7) is 2.84. The van der Waals surface area contributed by atoms with Crippen LogP contribution in [0.5, 0.6) is 0 Å². The van der Waals surface area contributed by atoms with Crippen molar-refractivity contribution in [3.63, 3.8) is 0 Å². The van der Waals surface area contributed by atoms with Crippen molar-refractivity contribution in [3.05, 3.63) is 95.6 Å². The van der Waals surface area contributed by atoms with E-state index in [1.54, 1.807) is 12.1 Å². The van der Waals surface area contributed by atoms with Crippen LogP contribution >= 0.6 is 0 Å². The number of likely N-dealkylation sites (tertiary alicyclic amines) is 1. The number of halogens is 1. The number of nitrogens with one attached hydrogen (secondary N) is 1. The third kappa shape index (κ3) is 5.69. The summed E-state index contributed by atoms with van der Waals surface area (Å²) in [7, 11) is -3.42.